The monoisotopic (exact) mass is 339 g/mol. The van der Waals surface area contributed by atoms with Crippen molar-refractivity contribution in [3.63, 3.8) is 0 Å². The van der Waals surface area contributed by atoms with Crippen molar-refractivity contribution in [2.24, 2.45) is 5.92 Å². The maximum Gasteiger partial charge on any atom is 0.232 e. The Hall–Kier alpha value is -2.53. The maximum absolute atomic E-state index is 12.6. The summed E-state index contributed by atoms with van der Waals surface area (Å²) < 4.78 is 11.1. The second kappa shape index (κ2) is 6.41. The van der Waals surface area contributed by atoms with Gasteiger partial charge in [-0.05, 0) is 49.6 Å². The molecule has 0 radical (unpaired) electrons. The Morgan fingerprint density at radius 1 is 1.36 bits per heavy atom. The van der Waals surface area contributed by atoms with Crippen LogP contribution in [0.25, 0.3) is 6.08 Å². The number of ether oxygens (including phenoxy) is 1. The lowest BCUT2D eigenvalue weighted by atomic mass is 9.99. The number of likely N-dealkylation sites (tertiary alicyclic amines) is 1. The molecule has 0 unspecified atom stereocenters. The predicted octanol–water partition coefficient (Wildman–Crippen LogP) is 3.83. The Morgan fingerprint density at radius 2 is 2.24 bits per heavy atom. The van der Waals surface area contributed by atoms with Crippen molar-refractivity contribution < 1.29 is 19.1 Å². The van der Waals surface area contributed by atoms with Crippen LogP contribution in [0.2, 0.25) is 0 Å². The number of carbonyl (C=O) groups excluding carboxylic acids is 1. The van der Waals surface area contributed by atoms with Crippen molar-refractivity contribution in [1.29, 1.82) is 0 Å². The van der Waals surface area contributed by atoms with Gasteiger partial charge in [0.2, 0.25) is 5.78 Å². The molecule has 0 saturated carbocycles. The number of carbonyl (C=O) groups is 1. The van der Waals surface area contributed by atoms with Gasteiger partial charge in [-0.1, -0.05) is 6.92 Å². The highest BCUT2D eigenvalue weighted by molar-refractivity contribution is 6.14. The molecule has 1 aromatic carbocycles. The molecule has 1 aromatic heterocycles. The smallest absolute Gasteiger partial charge is 0.232 e. The second-order valence-corrected chi connectivity index (χ2v) is 6.88. The summed E-state index contributed by atoms with van der Waals surface area (Å²) in [6.45, 7) is 4.81. The highest BCUT2D eigenvalue weighted by Crippen LogP contribution is 2.40. The summed E-state index contributed by atoms with van der Waals surface area (Å²) in [5, 5.41) is 10.3. The molecular formula is C20H21NO4. The normalized spacial score (nSPS) is 22.2. The minimum absolute atomic E-state index is 0.170. The van der Waals surface area contributed by atoms with Crippen LogP contribution in [0.3, 0.4) is 0 Å². The fourth-order valence-corrected chi connectivity index (χ4v) is 3.61. The Bertz CT molecular complexity index is 822. The zero-order valence-electron chi connectivity index (χ0n) is 14.2. The number of rotatable bonds is 3. The number of phenols is 1. The van der Waals surface area contributed by atoms with E-state index in [0.29, 0.717) is 35.1 Å². The molecule has 0 spiro atoms. The van der Waals surface area contributed by atoms with Crippen LogP contribution in [0.15, 0.2) is 40.7 Å². The van der Waals surface area contributed by atoms with Gasteiger partial charge in [-0.2, -0.15) is 0 Å². The summed E-state index contributed by atoms with van der Waals surface area (Å²) in [6.07, 6.45) is 5.53. The highest BCUT2D eigenvalue weighted by atomic mass is 16.5. The number of Topliss-reactive ketones (excluding diaryl/α,β-unsaturated/α-hetero) is 1. The fourth-order valence-electron chi connectivity index (χ4n) is 3.61. The standard InChI is InChI=1S/C20H21NO4/c1-13-4-2-8-21(11-13)12-16-17(22)7-6-15-19(23)18(25-20(15)16)10-14-5-3-9-24-14/h3,5-7,9-10,13,22H,2,4,8,11-12H2,1H3/t13-/m1/s1. The van der Waals surface area contributed by atoms with Crippen LogP contribution in [0.1, 0.15) is 41.4 Å². The zero-order valence-corrected chi connectivity index (χ0v) is 14.2. The van der Waals surface area contributed by atoms with Crippen molar-refractivity contribution in [1.82, 2.24) is 4.90 Å². The zero-order chi connectivity index (χ0) is 17.4. The van der Waals surface area contributed by atoms with Gasteiger partial charge in [0.25, 0.3) is 0 Å². The molecule has 2 aliphatic rings. The summed E-state index contributed by atoms with van der Waals surface area (Å²) in [5.74, 6) is 1.89. The van der Waals surface area contributed by atoms with E-state index in [1.165, 1.54) is 6.42 Å². The first-order chi connectivity index (χ1) is 12.1. The third-order valence-corrected chi connectivity index (χ3v) is 4.86. The SMILES string of the molecule is C[C@@H]1CCCN(Cc2c(O)ccc3c2OC(=Cc2ccco2)C3=O)C1. The van der Waals surface area contributed by atoms with Gasteiger partial charge in [0.1, 0.15) is 17.3 Å². The third-order valence-electron chi connectivity index (χ3n) is 4.86. The number of furan rings is 1. The van der Waals surface area contributed by atoms with E-state index < -0.39 is 0 Å². The van der Waals surface area contributed by atoms with Crippen LogP contribution in [0, 0.1) is 5.92 Å². The van der Waals surface area contributed by atoms with Gasteiger partial charge >= 0.3 is 0 Å². The van der Waals surface area contributed by atoms with Gasteiger partial charge in [0.05, 0.1) is 17.4 Å². The van der Waals surface area contributed by atoms with E-state index >= 15 is 0 Å². The van der Waals surface area contributed by atoms with Gasteiger partial charge < -0.3 is 14.3 Å². The molecule has 2 aromatic rings. The topological polar surface area (TPSA) is 62.9 Å². The summed E-state index contributed by atoms with van der Waals surface area (Å²) in [6, 6.07) is 6.73. The van der Waals surface area contributed by atoms with Crippen LogP contribution in [-0.4, -0.2) is 28.9 Å². The van der Waals surface area contributed by atoms with Crippen molar-refractivity contribution in [3.05, 3.63) is 53.2 Å². The molecule has 25 heavy (non-hydrogen) atoms. The number of nitrogens with zero attached hydrogens (tertiary/aromatic N) is 1. The average molecular weight is 339 g/mol. The molecule has 0 aliphatic carbocycles. The molecule has 3 heterocycles. The van der Waals surface area contributed by atoms with Crippen molar-refractivity contribution in [2.75, 3.05) is 13.1 Å². The first-order valence-corrected chi connectivity index (χ1v) is 8.67. The van der Waals surface area contributed by atoms with Crippen LogP contribution in [0.4, 0.5) is 0 Å². The first kappa shape index (κ1) is 16.0. The molecule has 0 bridgehead atoms. The van der Waals surface area contributed by atoms with Crippen LogP contribution < -0.4 is 4.74 Å². The van der Waals surface area contributed by atoms with Crippen molar-refractivity contribution in [3.8, 4) is 11.5 Å². The number of aromatic hydroxyl groups is 1. The number of hydrogen-bond acceptors (Lipinski definition) is 5. The number of phenolic OH excluding ortho intramolecular Hbond substituents is 1. The van der Waals surface area contributed by atoms with Gasteiger partial charge in [-0.15, -0.1) is 0 Å². The molecule has 0 amide bonds. The van der Waals surface area contributed by atoms with Gasteiger partial charge in [-0.25, -0.2) is 0 Å². The van der Waals surface area contributed by atoms with Gasteiger partial charge in [-0.3, -0.25) is 9.69 Å². The van der Waals surface area contributed by atoms with Crippen molar-refractivity contribution >= 4 is 11.9 Å². The van der Waals surface area contributed by atoms with E-state index in [1.54, 1.807) is 36.6 Å². The van der Waals surface area contributed by atoms with E-state index in [4.69, 9.17) is 9.15 Å². The maximum atomic E-state index is 12.6. The molecule has 1 atom stereocenters. The molecular weight excluding hydrogens is 318 g/mol. The fraction of sp³-hybridized carbons (Fsp3) is 0.350. The van der Waals surface area contributed by atoms with E-state index in [9.17, 15) is 9.90 Å². The highest BCUT2D eigenvalue weighted by Gasteiger charge is 2.32. The van der Waals surface area contributed by atoms with E-state index in [-0.39, 0.29) is 17.3 Å². The molecule has 4 rings (SSSR count). The lowest BCUT2D eigenvalue weighted by Crippen LogP contribution is -2.33. The molecule has 2 aliphatic heterocycles. The number of fused-ring (bicyclic) bond motifs is 1. The minimum atomic E-state index is -0.181. The second-order valence-electron chi connectivity index (χ2n) is 6.88. The number of ketones is 1. The minimum Gasteiger partial charge on any atom is -0.507 e. The molecule has 130 valence electrons. The summed E-state index contributed by atoms with van der Waals surface area (Å²) in [4.78, 5) is 14.9. The van der Waals surface area contributed by atoms with Crippen LogP contribution in [0.5, 0.6) is 11.5 Å². The number of hydrogen-bond donors (Lipinski definition) is 1. The first-order valence-electron chi connectivity index (χ1n) is 8.67. The van der Waals surface area contributed by atoms with Crippen LogP contribution >= 0.6 is 0 Å². The number of allylic oxidation sites excluding steroid dienone is 1. The summed E-state index contributed by atoms with van der Waals surface area (Å²) in [5.41, 5.74) is 1.18. The van der Waals surface area contributed by atoms with Crippen molar-refractivity contribution in [2.45, 2.75) is 26.3 Å². The lowest BCUT2D eigenvalue weighted by molar-refractivity contribution is 0.101. The summed E-state index contributed by atoms with van der Waals surface area (Å²) >= 11 is 0. The van der Waals surface area contributed by atoms with Gasteiger partial charge in [0, 0.05) is 19.2 Å². The van der Waals surface area contributed by atoms with Gasteiger partial charge in [0.15, 0.2) is 5.76 Å². The van der Waals surface area contributed by atoms with E-state index in [2.05, 4.69) is 11.8 Å². The quantitative estimate of drug-likeness (QED) is 0.861. The molecule has 1 saturated heterocycles. The molecule has 5 heteroatoms. The Balaban J connectivity index is 1.64. The Morgan fingerprint density at radius 3 is 3.00 bits per heavy atom. The Labute approximate surface area is 146 Å². The molecule has 5 nitrogen and oxygen atoms in total. The molecule has 1 N–H and O–H groups in total. The average Bonchev–Trinajstić information content (AvgIpc) is 3.20. The number of piperidine rings is 1. The lowest BCUT2D eigenvalue weighted by Gasteiger charge is -2.31. The van der Waals surface area contributed by atoms with E-state index in [1.807, 2.05) is 0 Å². The van der Waals surface area contributed by atoms with Crippen LogP contribution in [-0.2, 0) is 6.54 Å². The van der Waals surface area contributed by atoms with E-state index in [0.717, 1.165) is 19.5 Å². The largest absolute Gasteiger partial charge is 0.507 e. The Kier molecular flexibility index (Phi) is 4.09. The third kappa shape index (κ3) is 3.07. The predicted molar refractivity (Wildman–Crippen MR) is 93.4 cm³/mol. The molecule has 1 fully saturated rings. The summed E-state index contributed by atoms with van der Waals surface area (Å²) in [7, 11) is 0. The number of benzene rings is 1.